The highest BCUT2D eigenvalue weighted by Crippen LogP contribution is 2.28. The maximum atomic E-state index is 10.7. The van der Waals surface area contributed by atoms with Gasteiger partial charge in [0.2, 0.25) is 0 Å². The van der Waals surface area contributed by atoms with E-state index >= 15 is 0 Å². The van der Waals surface area contributed by atoms with E-state index in [9.17, 15) is 10.1 Å². The second-order valence-corrected chi connectivity index (χ2v) is 4.28. The fourth-order valence-corrected chi connectivity index (χ4v) is 1.96. The average Bonchev–Trinajstić information content (AvgIpc) is 2.52. The third-order valence-corrected chi connectivity index (χ3v) is 2.93. The van der Waals surface area contributed by atoms with Crippen molar-refractivity contribution in [3.63, 3.8) is 0 Å². The minimum Gasteiger partial charge on any atom is -0.478 e. The standard InChI is InChI=1S/C16H13N3O2/c1-19(14-7-3-2-5-13(14)11-17)16-12(6-4-10-18-16)8-9-15(20)21/h2-10H,1H3,(H,20,21)/b9-8+. The van der Waals surface area contributed by atoms with Crippen LogP contribution in [0.15, 0.2) is 48.7 Å². The van der Waals surface area contributed by atoms with Gasteiger partial charge in [-0.25, -0.2) is 9.78 Å². The van der Waals surface area contributed by atoms with E-state index < -0.39 is 5.97 Å². The summed E-state index contributed by atoms with van der Waals surface area (Å²) in [5.41, 5.74) is 1.90. The third kappa shape index (κ3) is 3.25. The molecule has 2 aromatic rings. The molecule has 21 heavy (non-hydrogen) atoms. The number of carboxylic acids is 1. The zero-order chi connectivity index (χ0) is 15.2. The highest BCUT2D eigenvalue weighted by atomic mass is 16.4. The second kappa shape index (κ2) is 6.35. The van der Waals surface area contributed by atoms with Crippen molar-refractivity contribution >= 4 is 23.6 Å². The van der Waals surface area contributed by atoms with Crippen LogP contribution in [-0.4, -0.2) is 23.1 Å². The summed E-state index contributed by atoms with van der Waals surface area (Å²) in [7, 11) is 1.79. The van der Waals surface area contributed by atoms with Crippen molar-refractivity contribution in [1.29, 1.82) is 5.26 Å². The van der Waals surface area contributed by atoms with Crippen LogP contribution in [0.2, 0.25) is 0 Å². The lowest BCUT2D eigenvalue weighted by Crippen LogP contribution is -2.13. The number of aromatic nitrogens is 1. The minimum atomic E-state index is -1.02. The molecule has 0 amide bonds. The largest absolute Gasteiger partial charge is 0.478 e. The van der Waals surface area contributed by atoms with Gasteiger partial charge < -0.3 is 10.0 Å². The summed E-state index contributed by atoms with van der Waals surface area (Å²) < 4.78 is 0. The Hall–Kier alpha value is -3.13. The number of rotatable bonds is 4. The van der Waals surface area contributed by atoms with Crippen LogP contribution in [0.4, 0.5) is 11.5 Å². The second-order valence-electron chi connectivity index (χ2n) is 4.28. The first-order valence-electron chi connectivity index (χ1n) is 6.22. The summed E-state index contributed by atoms with van der Waals surface area (Å²) in [6, 6.07) is 12.8. The van der Waals surface area contributed by atoms with Crippen LogP contribution in [0.3, 0.4) is 0 Å². The van der Waals surface area contributed by atoms with Gasteiger partial charge in [0.05, 0.1) is 11.3 Å². The number of anilines is 2. The molecule has 0 bridgehead atoms. The number of para-hydroxylation sites is 1. The lowest BCUT2D eigenvalue weighted by Gasteiger charge is -2.21. The Morgan fingerprint density at radius 2 is 2.10 bits per heavy atom. The molecule has 0 aliphatic heterocycles. The predicted molar refractivity (Wildman–Crippen MR) is 80.1 cm³/mol. The molecule has 0 unspecified atom stereocenters. The Morgan fingerprint density at radius 1 is 1.33 bits per heavy atom. The Balaban J connectivity index is 2.47. The smallest absolute Gasteiger partial charge is 0.328 e. The van der Waals surface area contributed by atoms with E-state index in [1.165, 1.54) is 6.08 Å². The van der Waals surface area contributed by atoms with E-state index in [2.05, 4.69) is 11.1 Å². The molecule has 0 aliphatic rings. The molecule has 5 nitrogen and oxygen atoms in total. The third-order valence-electron chi connectivity index (χ3n) is 2.93. The van der Waals surface area contributed by atoms with Crippen LogP contribution in [0.5, 0.6) is 0 Å². The van der Waals surface area contributed by atoms with Crippen molar-refractivity contribution in [3.8, 4) is 6.07 Å². The van der Waals surface area contributed by atoms with Gasteiger partial charge in [-0.1, -0.05) is 12.1 Å². The Labute approximate surface area is 122 Å². The first-order valence-corrected chi connectivity index (χ1v) is 6.22. The summed E-state index contributed by atoms with van der Waals surface area (Å²) in [5, 5.41) is 17.9. The van der Waals surface area contributed by atoms with Crippen LogP contribution in [-0.2, 0) is 4.79 Å². The predicted octanol–water partition coefficient (Wildman–Crippen LogP) is 2.82. The molecule has 2 rings (SSSR count). The fourth-order valence-electron chi connectivity index (χ4n) is 1.96. The van der Waals surface area contributed by atoms with Crippen molar-refractivity contribution in [1.82, 2.24) is 4.98 Å². The van der Waals surface area contributed by atoms with Crippen molar-refractivity contribution in [2.24, 2.45) is 0 Å². The molecule has 0 spiro atoms. The normalized spacial score (nSPS) is 10.3. The number of benzene rings is 1. The maximum absolute atomic E-state index is 10.7. The SMILES string of the molecule is CN(c1ccccc1C#N)c1ncccc1/C=C/C(=O)O. The molecule has 104 valence electrons. The summed E-state index contributed by atoms with van der Waals surface area (Å²) in [6.07, 6.45) is 4.17. The van der Waals surface area contributed by atoms with E-state index in [4.69, 9.17) is 5.11 Å². The van der Waals surface area contributed by atoms with Gasteiger partial charge in [-0.3, -0.25) is 0 Å². The summed E-state index contributed by atoms with van der Waals surface area (Å²) in [4.78, 5) is 16.7. The molecule has 0 saturated carbocycles. The molecule has 0 fully saturated rings. The van der Waals surface area contributed by atoms with Crippen molar-refractivity contribution in [2.45, 2.75) is 0 Å². The van der Waals surface area contributed by atoms with Crippen LogP contribution < -0.4 is 4.90 Å². The number of carbonyl (C=O) groups is 1. The van der Waals surface area contributed by atoms with Crippen molar-refractivity contribution < 1.29 is 9.90 Å². The van der Waals surface area contributed by atoms with E-state index in [1.54, 1.807) is 42.4 Å². The molecule has 0 aliphatic carbocycles. The Bertz CT molecular complexity index is 732. The number of hydrogen-bond donors (Lipinski definition) is 1. The van der Waals surface area contributed by atoms with Crippen LogP contribution in [0, 0.1) is 11.3 Å². The molecule has 1 aromatic heterocycles. The number of aliphatic carboxylic acids is 1. The van der Waals surface area contributed by atoms with Gasteiger partial charge in [0.15, 0.2) is 0 Å². The molecule has 5 heteroatoms. The van der Waals surface area contributed by atoms with Gasteiger partial charge in [0.25, 0.3) is 0 Å². The maximum Gasteiger partial charge on any atom is 0.328 e. The number of carboxylic acid groups (broad SMARTS) is 1. The topological polar surface area (TPSA) is 77.2 Å². The first kappa shape index (κ1) is 14.3. The molecule has 0 saturated heterocycles. The lowest BCUT2D eigenvalue weighted by atomic mass is 10.1. The molecule has 0 radical (unpaired) electrons. The molecular weight excluding hydrogens is 266 g/mol. The van der Waals surface area contributed by atoms with Crippen LogP contribution >= 0.6 is 0 Å². The zero-order valence-electron chi connectivity index (χ0n) is 11.4. The highest BCUT2D eigenvalue weighted by molar-refractivity contribution is 5.87. The highest BCUT2D eigenvalue weighted by Gasteiger charge is 2.12. The zero-order valence-corrected chi connectivity index (χ0v) is 11.4. The van der Waals surface area contributed by atoms with E-state index in [0.717, 1.165) is 6.08 Å². The first-order chi connectivity index (χ1) is 10.1. The molecule has 1 N–H and O–H groups in total. The van der Waals surface area contributed by atoms with Gasteiger partial charge in [0.1, 0.15) is 11.9 Å². The molecule has 1 aromatic carbocycles. The summed E-state index contributed by atoms with van der Waals surface area (Å²) in [5.74, 6) is -0.442. The monoisotopic (exact) mass is 279 g/mol. The van der Waals surface area contributed by atoms with Gasteiger partial charge in [-0.05, 0) is 30.3 Å². The van der Waals surface area contributed by atoms with Crippen LogP contribution in [0.1, 0.15) is 11.1 Å². The van der Waals surface area contributed by atoms with Gasteiger partial charge in [-0.2, -0.15) is 5.26 Å². The Morgan fingerprint density at radius 3 is 2.81 bits per heavy atom. The van der Waals surface area contributed by atoms with Crippen molar-refractivity contribution in [3.05, 3.63) is 59.8 Å². The fraction of sp³-hybridized carbons (Fsp3) is 0.0625. The molecular formula is C16H13N3O2. The minimum absolute atomic E-state index is 0.527. The number of hydrogen-bond acceptors (Lipinski definition) is 4. The summed E-state index contributed by atoms with van der Waals surface area (Å²) >= 11 is 0. The van der Waals surface area contributed by atoms with Gasteiger partial charge in [0, 0.05) is 24.9 Å². The van der Waals surface area contributed by atoms with Gasteiger partial charge in [-0.15, -0.1) is 0 Å². The number of pyridine rings is 1. The summed E-state index contributed by atoms with van der Waals surface area (Å²) in [6.45, 7) is 0. The number of nitriles is 1. The van der Waals surface area contributed by atoms with Crippen molar-refractivity contribution in [2.75, 3.05) is 11.9 Å². The molecule has 0 atom stereocenters. The van der Waals surface area contributed by atoms with E-state index in [-0.39, 0.29) is 0 Å². The average molecular weight is 279 g/mol. The quantitative estimate of drug-likeness (QED) is 0.871. The van der Waals surface area contributed by atoms with Crippen LogP contribution in [0.25, 0.3) is 6.08 Å². The Kier molecular flexibility index (Phi) is 4.32. The number of nitrogens with zero attached hydrogens (tertiary/aromatic N) is 3. The van der Waals surface area contributed by atoms with E-state index in [0.29, 0.717) is 22.6 Å². The van der Waals surface area contributed by atoms with E-state index in [1.807, 2.05) is 12.1 Å². The van der Waals surface area contributed by atoms with Gasteiger partial charge >= 0.3 is 5.97 Å². The lowest BCUT2D eigenvalue weighted by molar-refractivity contribution is -0.131. The molecule has 1 heterocycles.